The maximum Gasteiger partial charge on any atom is 0.194 e. The van der Waals surface area contributed by atoms with Gasteiger partial charge in [0.15, 0.2) is 10.1 Å². The zero-order valence-electron chi connectivity index (χ0n) is 13.7. The molecule has 0 saturated heterocycles. The van der Waals surface area contributed by atoms with E-state index in [1.54, 1.807) is 53.8 Å². The van der Waals surface area contributed by atoms with Crippen LogP contribution in [-0.4, -0.2) is 10.8 Å². The third-order valence-corrected chi connectivity index (χ3v) is 6.13. The molecule has 0 N–H and O–H groups in total. The van der Waals surface area contributed by atoms with Crippen LogP contribution < -0.4 is 4.18 Å². The molecule has 0 atom stereocenters. The number of halogens is 2. The standard InChI is InChI=1S/C20H11Cl2NO2S2/c21-13-7-10-16(22)15(11-13)19(24)12-5-8-14(9-6-12)25-27-20-23-17-3-1-2-4-18(17)26-20/h1-11H. The second-order valence-corrected chi connectivity index (χ2v) is 8.44. The minimum absolute atomic E-state index is 0.187. The number of ketones is 1. The van der Waals surface area contributed by atoms with Crippen molar-refractivity contribution in [2.45, 2.75) is 4.34 Å². The summed E-state index contributed by atoms with van der Waals surface area (Å²) >= 11 is 14.8. The van der Waals surface area contributed by atoms with Gasteiger partial charge in [0.2, 0.25) is 0 Å². The van der Waals surface area contributed by atoms with Crippen LogP contribution in [-0.2, 0) is 0 Å². The van der Waals surface area contributed by atoms with Crippen molar-refractivity contribution in [3.05, 3.63) is 87.9 Å². The largest absolute Gasteiger partial charge is 0.418 e. The Balaban J connectivity index is 1.47. The van der Waals surface area contributed by atoms with Crippen molar-refractivity contribution in [1.82, 2.24) is 4.98 Å². The predicted octanol–water partition coefficient (Wildman–Crippen LogP) is 6.92. The van der Waals surface area contributed by atoms with Gasteiger partial charge in [-0.3, -0.25) is 4.79 Å². The minimum Gasteiger partial charge on any atom is -0.418 e. The number of carbonyl (C=O) groups excluding carboxylic acids is 1. The highest BCUT2D eigenvalue weighted by atomic mass is 35.5. The van der Waals surface area contributed by atoms with Gasteiger partial charge in [-0.2, -0.15) is 0 Å². The zero-order chi connectivity index (χ0) is 18.8. The predicted molar refractivity (Wildman–Crippen MR) is 112 cm³/mol. The molecule has 7 heteroatoms. The van der Waals surface area contributed by atoms with E-state index in [-0.39, 0.29) is 5.78 Å². The summed E-state index contributed by atoms with van der Waals surface area (Å²) in [6.45, 7) is 0. The molecule has 3 nitrogen and oxygen atoms in total. The van der Waals surface area contributed by atoms with Crippen molar-refractivity contribution in [1.29, 1.82) is 0 Å². The van der Waals surface area contributed by atoms with E-state index < -0.39 is 0 Å². The van der Waals surface area contributed by atoms with Crippen molar-refractivity contribution in [3.8, 4) is 5.75 Å². The smallest absolute Gasteiger partial charge is 0.194 e. The highest BCUT2D eigenvalue weighted by Crippen LogP contribution is 2.31. The van der Waals surface area contributed by atoms with Crippen molar-refractivity contribution in [2.75, 3.05) is 0 Å². The van der Waals surface area contributed by atoms with Crippen LogP contribution in [0.2, 0.25) is 10.0 Å². The molecule has 0 unspecified atom stereocenters. The molecule has 134 valence electrons. The Labute approximate surface area is 174 Å². The van der Waals surface area contributed by atoms with E-state index in [9.17, 15) is 4.79 Å². The van der Waals surface area contributed by atoms with Crippen LogP contribution in [0.25, 0.3) is 10.2 Å². The minimum atomic E-state index is -0.187. The first-order chi connectivity index (χ1) is 13.1. The van der Waals surface area contributed by atoms with Crippen LogP contribution in [0.5, 0.6) is 5.75 Å². The van der Waals surface area contributed by atoms with Gasteiger partial charge in [-0.15, -0.1) is 11.3 Å². The Morgan fingerprint density at radius 3 is 2.56 bits per heavy atom. The van der Waals surface area contributed by atoms with Crippen LogP contribution in [0.4, 0.5) is 0 Å². The van der Waals surface area contributed by atoms with Crippen LogP contribution in [0.15, 0.2) is 71.1 Å². The molecule has 4 rings (SSSR count). The van der Waals surface area contributed by atoms with Crippen molar-refractivity contribution < 1.29 is 8.98 Å². The van der Waals surface area contributed by atoms with Gasteiger partial charge in [0.1, 0.15) is 17.8 Å². The first-order valence-corrected chi connectivity index (χ1v) is 10.2. The molecule has 0 amide bonds. The maximum absolute atomic E-state index is 12.6. The van der Waals surface area contributed by atoms with E-state index >= 15 is 0 Å². The molecule has 27 heavy (non-hydrogen) atoms. The lowest BCUT2D eigenvalue weighted by Gasteiger charge is -2.06. The average molecular weight is 432 g/mol. The molecule has 1 heterocycles. The number of benzene rings is 3. The molecule has 0 spiro atoms. The summed E-state index contributed by atoms with van der Waals surface area (Å²) in [4.78, 5) is 17.1. The third kappa shape index (κ3) is 4.12. The Hall–Kier alpha value is -2.05. The Morgan fingerprint density at radius 2 is 1.78 bits per heavy atom. The molecule has 0 aliphatic heterocycles. The van der Waals surface area contributed by atoms with Gasteiger partial charge in [0.05, 0.1) is 15.2 Å². The molecule has 0 bridgehead atoms. The number of hydrogen-bond donors (Lipinski definition) is 0. The van der Waals surface area contributed by atoms with Gasteiger partial charge in [0.25, 0.3) is 0 Å². The van der Waals surface area contributed by atoms with Crippen LogP contribution in [0, 0.1) is 0 Å². The average Bonchev–Trinajstić information content (AvgIpc) is 3.11. The lowest BCUT2D eigenvalue weighted by molar-refractivity contribution is 0.103. The molecule has 4 aromatic rings. The fraction of sp³-hybridized carbons (Fsp3) is 0. The van der Waals surface area contributed by atoms with Gasteiger partial charge >= 0.3 is 0 Å². The summed E-state index contributed by atoms with van der Waals surface area (Å²) in [6.07, 6.45) is 0. The van der Waals surface area contributed by atoms with E-state index in [0.29, 0.717) is 26.9 Å². The quantitative estimate of drug-likeness (QED) is 0.254. The first-order valence-electron chi connectivity index (χ1n) is 7.90. The van der Waals surface area contributed by atoms with E-state index in [1.807, 2.05) is 24.3 Å². The molecule has 0 radical (unpaired) electrons. The van der Waals surface area contributed by atoms with E-state index in [4.69, 9.17) is 27.4 Å². The lowest BCUT2D eigenvalue weighted by atomic mass is 10.0. The van der Waals surface area contributed by atoms with Gasteiger partial charge < -0.3 is 4.18 Å². The van der Waals surface area contributed by atoms with Crippen molar-refractivity contribution >= 4 is 62.6 Å². The molecular weight excluding hydrogens is 421 g/mol. The summed E-state index contributed by atoms with van der Waals surface area (Å²) in [6, 6.07) is 19.7. The Kier molecular flexibility index (Phi) is 5.36. The number of rotatable bonds is 5. The maximum atomic E-state index is 12.6. The van der Waals surface area contributed by atoms with Gasteiger partial charge in [-0.1, -0.05) is 35.3 Å². The number of para-hydroxylation sites is 1. The number of fused-ring (bicyclic) bond motifs is 1. The number of thiazole rings is 1. The van der Waals surface area contributed by atoms with E-state index in [2.05, 4.69) is 4.98 Å². The van der Waals surface area contributed by atoms with E-state index in [0.717, 1.165) is 14.6 Å². The highest BCUT2D eigenvalue weighted by molar-refractivity contribution is 7.97. The molecule has 0 aliphatic rings. The molecular formula is C20H11Cl2NO2S2. The number of carbonyl (C=O) groups is 1. The number of aromatic nitrogens is 1. The number of hydrogen-bond acceptors (Lipinski definition) is 5. The number of nitrogens with zero attached hydrogens (tertiary/aromatic N) is 1. The first kappa shape index (κ1) is 18.3. The zero-order valence-corrected chi connectivity index (χ0v) is 16.8. The summed E-state index contributed by atoms with van der Waals surface area (Å²) in [5.74, 6) is 0.445. The van der Waals surface area contributed by atoms with Gasteiger partial charge in [-0.25, -0.2) is 4.98 Å². The second kappa shape index (κ2) is 7.90. The van der Waals surface area contributed by atoms with Gasteiger partial charge in [0, 0.05) is 16.1 Å². The van der Waals surface area contributed by atoms with Gasteiger partial charge in [-0.05, 0) is 54.6 Å². The normalized spacial score (nSPS) is 10.9. The summed E-state index contributed by atoms with van der Waals surface area (Å²) < 4.78 is 7.65. The summed E-state index contributed by atoms with van der Waals surface area (Å²) in [5.41, 5.74) is 1.84. The molecule has 1 aromatic heterocycles. The fourth-order valence-electron chi connectivity index (χ4n) is 2.46. The molecule has 0 aliphatic carbocycles. The Bertz CT molecular complexity index is 1090. The SMILES string of the molecule is O=C(c1ccc(OSc2nc3ccccc3s2)cc1)c1cc(Cl)ccc1Cl. The van der Waals surface area contributed by atoms with Crippen LogP contribution in [0.1, 0.15) is 15.9 Å². The van der Waals surface area contributed by atoms with Crippen LogP contribution >= 0.6 is 46.6 Å². The molecule has 0 fully saturated rings. The lowest BCUT2D eigenvalue weighted by Crippen LogP contribution is -2.02. The van der Waals surface area contributed by atoms with Crippen LogP contribution in [0.3, 0.4) is 0 Å². The second-order valence-electron chi connectivity index (χ2n) is 5.59. The van der Waals surface area contributed by atoms with Crippen molar-refractivity contribution in [2.24, 2.45) is 0 Å². The molecule has 0 saturated carbocycles. The van der Waals surface area contributed by atoms with Crippen molar-refractivity contribution in [3.63, 3.8) is 0 Å². The fourth-order valence-corrected chi connectivity index (χ4v) is 4.45. The monoisotopic (exact) mass is 431 g/mol. The summed E-state index contributed by atoms with van der Waals surface area (Å²) in [7, 11) is 0. The molecule has 3 aromatic carbocycles. The third-order valence-electron chi connectivity index (χ3n) is 3.77. The topological polar surface area (TPSA) is 39.2 Å². The Morgan fingerprint density at radius 1 is 1.00 bits per heavy atom. The highest BCUT2D eigenvalue weighted by Gasteiger charge is 2.14. The summed E-state index contributed by atoms with van der Waals surface area (Å²) in [5, 5.41) is 0.839. The van der Waals surface area contributed by atoms with E-state index in [1.165, 1.54) is 12.0 Å².